The first-order valence-corrected chi connectivity index (χ1v) is 20.2. The topological polar surface area (TPSA) is 78.5 Å². The van der Waals surface area contributed by atoms with Gasteiger partial charge in [0, 0.05) is 68.4 Å². The molecule has 1 aromatic heterocycles. The smallest absolute Gasteiger partial charge is 0.484 e. The number of rotatable bonds is 9. The lowest BCUT2D eigenvalue weighted by molar-refractivity contribution is -0.274. The Labute approximate surface area is 311 Å². The standard InChI is InChI=1S/C39H53F4N5O4S/c1-7-45-16-12-27(13-17-45)46-20-22-47(23-21-46)28-14-18-48(19-15-28)36-31-24-29(51-39(41,42)43)8-10-33(31)44-26-35(36)53(49,50)30-9-11-34(32(40)25-30)52-38(5,6)37(2,3)4/h8-11,24-28H,7,12-23H2,1-6H3. The molecule has 0 spiro atoms. The molecule has 4 heterocycles. The summed E-state index contributed by atoms with van der Waals surface area (Å²) in [5.41, 5.74) is -0.570. The Morgan fingerprint density at radius 1 is 0.792 bits per heavy atom. The third-order valence-electron chi connectivity index (χ3n) is 11.9. The second kappa shape index (κ2) is 15.1. The van der Waals surface area contributed by atoms with Crippen molar-refractivity contribution in [2.45, 2.75) is 101 Å². The van der Waals surface area contributed by atoms with E-state index in [-0.39, 0.29) is 32.0 Å². The van der Waals surface area contributed by atoms with Crippen molar-refractivity contribution in [2.75, 3.05) is 63.8 Å². The minimum Gasteiger partial charge on any atom is -0.484 e. The predicted molar refractivity (Wildman–Crippen MR) is 198 cm³/mol. The van der Waals surface area contributed by atoms with Crippen LogP contribution in [0.3, 0.4) is 0 Å². The average Bonchev–Trinajstić information content (AvgIpc) is 3.11. The number of halogens is 4. The number of nitrogens with zero attached hydrogens (tertiary/aromatic N) is 5. The van der Waals surface area contributed by atoms with Crippen molar-refractivity contribution in [3.05, 3.63) is 48.4 Å². The summed E-state index contributed by atoms with van der Waals surface area (Å²) in [7, 11) is -4.41. The van der Waals surface area contributed by atoms with Crippen molar-refractivity contribution >= 4 is 26.4 Å². The molecule has 0 bridgehead atoms. The van der Waals surface area contributed by atoms with Crippen molar-refractivity contribution in [2.24, 2.45) is 5.41 Å². The lowest BCUT2D eigenvalue weighted by Gasteiger charge is -2.46. The average molecular weight is 764 g/mol. The Morgan fingerprint density at radius 3 is 1.91 bits per heavy atom. The number of pyridine rings is 1. The number of alkyl halides is 3. The fraction of sp³-hybridized carbons (Fsp3) is 0.615. The predicted octanol–water partition coefficient (Wildman–Crippen LogP) is 7.38. The van der Waals surface area contributed by atoms with E-state index in [1.807, 2.05) is 39.5 Å². The van der Waals surface area contributed by atoms with Crippen LogP contribution in [0, 0.1) is 11.2 Å². The van der Waals surface area contributed by atoms with E-state index in [2.05, 4.69) is 31.3 Å². The van der Waals surface area contributed by atoms with Gasteiger partial charge in [-0.15, -0.1) is 13.2 Å². The Hall–Kier alpha value is -3.20. The normalized spacial score (nSPS) is 19.9. The number of piperidine rings is 2. The first kappa shape index (κ1) is 39.5. The van der Waals surface area contributed by atoms with Gasteiger partial charge in [-0.05, 0) is 95.6 Å². The van der Waals surface area contributed by atoms with Gasteiger partial charge in [-0.1, -0.05) is 27.7 Å². The first-order valence-electron chi connectivity index (χ1n) is 18.7. The second-order valence-electron chi connectivity index (χ2n) is 16.1. The van der Waals surface area contributed by atoms with Gasteiger partial charge in [0.05, 0.1) is 16.1 Å². The molecule has 0 amide bonds. The van der Waals surface area contributed by atoms with Gasteiger partial charge in [0.2, 0.25) is 9.84 Å². The summed E-state index contributed by atoms with van der Waals surface area (Å²) in [4.78, 5) is 13.4. The molecule has 0 aliphatic carbocycles. The minimum absolute atomic E-state index is 0.0838. The number of aromatic nitrogens is 1. The van der Waals surface area contributed by atoms with Gasteiger partial charge >= 0.3 is 6.36 Å². The molecule has 14 heteroatoms. The van der Waals surface area contributed by atoms with Crippen molar-refractivity contribution in [3.8, 4) is 11.5 Å². The molecular weight excluding hydrogens is 711 g/mol. The SMILES string of the molecule is CCN1CCC(N2CCN(C3CCN(c4c(S(=O)(=O)c5ccc(OC(C)(C)C(C)(C)C)c(F)c5)cnc5ccc(OC(F)(F)F)cc45)CC3)CC2)CC1. The molecule has 0 atom stereocenters. The van der Waals surface area contributed by atoms with E-state index in [9.17, 15) is 21.6 Å². The fourth-order valence-electron chi connectivity index (χ4n) is 7.67. The van der Waals surface area contributed by atoms with E-state index in [0.29, 0.717) is 30.7 Å². The summed E-state index contributed by atoms with van der Waals surface area (Å²) in [6, 6.07) is 8.19. The van der Waals surface area contributed by atoms with Crippen molar-refractivity contribution < 1.29 is 35.5 Å². The molecule has 0 radical (unpaired) electrons. The third-order valence-corrected chi connectivity index (χ3v) is 13.6. The van der Waals surface area contributed by atoms with Crippen LogP contribution in [0.2, 0.25) is 0 Å². The monoisotopic (exact) mass is 763 g/mol. The highest BCUT2D eigenvalue weighted by Crippen LogP contribution is 2.41. The molecule has 0 unspecified atom stereocenters. The largest absolute Gasteiger partial charge is 0.573 e. The van der Waals surface area contributed by atoms with E-state index < -0.39 is 33.4 Å². The number of fused-ring (bicyclic) bond motifs is 1. The fourth-order valence-corrected chi connectivity index (χ4v) is 9.11. The highest BCUT2D eigenvalue weighted by molar-refractivity contribution is 7.91. The molecule has 6 rings (SSSR count). The van der Waals surface area contributed by atoms with Crippen molar-refractivity contribution in [3.63, 3.8) is 0 Å². The molecule has 3 fully saturated rings. The molecule has 3 aliphatic rings. The minimum atomic E-state index is -4.94. The van der Waals surface area contributed by atoms with Crippen molar-refractivity contribution in [1.29, 1.82) is 0 Å². The lowest BCUT2D eigenvalue weighted by atomic mass is 9.79. The maximum atomic E-state index is 15.6. The molecule has 3 saturated heterocycles. The number of anilines is 1. The highest BCUT2D eigenvalue weighted by atomic mass is 32.2. The number of sulfone groups is 1. The first-order chi connectivity index (χ1) is 24.9. The number of piperazine rings is 1. The molecule has 3 aromatic rings. The van der Waals surface area contributed by atoms with Gasteiger partial charge in [0.25, 0.3) is 0 Å². The van der Waals surface area contributed by atoms with Crippen LogP contribution in [0.15, 0.2) is 52.4 Å². The maximum Gasteiger partial charge on any atom is 0.573 e. The van der Waals surface area contributed by atoms with Crippen LogP contribution in [0.1, 0.15) is 67.2 Å². The van der Waals surface area contributed by atoms with E-state index >= 15 is 4.39 Å². The van der Waals surface area contributed by atoms with E-state index in [0.717, 1.165) is 70.8 Å². The molecule has 292 valence electrons. The van der Waals surface area contributed by atoms with Gasteiger partial charge in [0.15, 0.2) is 11.6 Å². The summed E-state index contributed by atoms with van der Waals surface area (Å²) in [6.45, 7) is 20.1. The maximum absolute atomic E-state index is 15.6. The molecule has 9 nitrogen and oxygen atoms in total. The molecule has 0 saturated carbocycles. The van der Waals surface area contributed by atoms with Crippen LogP contribution in [0.5, 0.6) is 11.5 Å². The second-order valence-corrected chi connectivity index (χ2v) is 18.0. The summed E-state index contributed by atoms with van der Waals surface area (Å²) < 4.78 is 94.5. The number of ether oxygens (including phenoxy) is 2. The number of likely N-dealkylation sites (tertiary alicyclic amines) is 1. The van der Waals surface area contributed by atoms with Gasteiger partial charge in [-0.2, -0.15) is 0 Å². The van der Waals surface area contributed by atoms with Crippen LogP contribution < -0.4 is 14.4 Å². The Bertz CT molecular complexity index is 1860. The van der Waals surface area contributed by atoms with Crippen LogP contribution in [0.4, 0.5) is 23.2 Å². The Balaban J connectivity index is 1.26. The highest BCUT2D eigenvalue weighted by Gasteiger charge is 2.37. The van der Waals surface area contributed by atoms with Crippen LogP contribution in [0.25, 0.3) is 10.9 Å². The summed E-state index contributed by atoms with van der Waals surface area (Å²) in [5.74, 6) is -1.41. The molecule has 0 N–H and O–H groups in total. The number of hydrogen-bond acceptors (Lipinski definition) is 9. The zero-order valence-electron chi connectivity index (χ0n) is 31.7. The summed E-state index contributed by atoms with van der Waals surface area (Å²) >= 11 is 0. The van der Waals surface area contributed by atoms with Crippen molar-refractivity contribution in [1.82, 2.24) is 19.7 Å². The van der Waals surface area contributed by atoms with Gasteiger partial charge in [0.1, 0.15) is 16.2 Å². The number of hydrogen-bond donors (Lipinski definition) is 0. The van der Waals surface area contributed by atoms with E-state index in [1.165, 1.54) is 43.3 Å². The molecular formula is C39H53F4N5O4S. The third kappa shape index (κ3) is 8.71. The Morgan fingerprint density at radius 2 is 1.38 bits per heavy atom. The molecule has 53 heavy (non-hydrogen) atoms. The zero-order valence-corrected chi connectivity index (χ0v) is 32.5. The van der Waals surface area contributed by atoms with Crippen LogP contribution in [-0.2, 0) is 9.84 Å². The quantitative estimate of drug-likeness (QED) is 0.208. The Kier molecular flexibility index (Phi) is 11.3. The van der Waals surface area contributed by atoms with Gasteiger partial charge < -0.3 is 19.3 Å². The molecule has 2 aromatic carbocycles. The van der Waals surface area contributed by atoms with Gasteiger partial charge in [-0.25, -0.2) is 12.8 Å². The summed E-state index contributed by atoms with van der Waals surface area (Å²) in [6.07, 6.45) is 0.185. The zero-order chi connectivity index (χ0) is 38.3. The number of benzene rings is 2. The molecule has 3 aliphatic heterocycles. The van der Waals surface area contributed by atoms with E-state index in [4.69, 9.17) is 4.74 Å². The van der Waals surface area contributed by atoms with E-state index in [1.54, 1.807) is 0 Å². The lowest BCUT2D eigenvalue weighted by Crippen LogP contribution is -2.56. The van der Waals surface area contributed by atoms with Crippen LogP contribution in [-0.4, -0.2) is 111 Å². The van der Waals surface area contributed by atoms with Gasteiger partial charge in [-0.3, -0.25) is 14.8 Å². The van der Waals surface area contributed by atoms with Crippen LogP contribution >= 0.6 is 0 Å². The summed E-state index contributed by atoms with van der Waals surface area (Å²) in [5, 5.41) is 0.210.